The normalized spacial score (nSPS) is 31.8. The Morgan fingerprint density at radius 1 is 1.30 bits per heavy atom. The standard InChI is InChI=1S/C16H27NO3/c1-15(2,3)12-4-6-16(20,7-5-12)10-17-14(19)11-8-13(18)9-11/h11-12,20H,4-10H2,1-3H3,(H,17,19). The molecule has 0 aromatic rings. The summed E-state index contributed by atoms with van der Waals surface area (Å²) >= 11 is 0. The minimum absolute atomic E-state index is 0.0732. The van der Waals surface area contributed by atoms with E-state index in [1.165, 1.54) is 0 Å². The maximum atomic E-state index is 11.8. The highest BCUT2D eigenvalue weighted by atomic mass is 16.3. The SMILES string of the molecule is CC(C)(C)C1CCC(O)(CNC(=O)C2CC(=O)C2)CC1. The van der Waals surface area contributed by atoms with Crippen LogP contribution in [0.2, 0.25) is 0 Å². The predicted octanol–water partition coefficient (Wildman–Crippen LogP) is 2.05. The maximum absolute atomic E-state index is 11.8. The third-order valence-corrected chi connectivity index (χ3v) is 5.05. The van der Waals surface area contributed by atoms with Crippen LogP contribution in [0.5, 0.6) is 0 Å². The van der Waals surface area contributed by atoms with Gasteiger partial charge in [-0.2, -0.15) is 0 Å². The van der Waals surface area contributed by atoms with Crippen molar-refractivity contribution in [3.63, 3.8) is 0 Å². The molecule has 2 N–H and O–H groups in total. The van der Waals surface area contributed by atoms with E-state index in [2.05, 4.69) is 26.1 Å². The summed E-state index contributed by atoms with van der Waals surface area (Å²) in [7, 11) is 0. The molecule has 2 aliphatic carbocycles. The topological polar surface area (TPSA) is 66.4 Å². The van der Waals surface area contributed by atoms with Crippen LogP contribution in [0.3, 0.4) is 0 Å². The van der Waals surface area contributed by atoms with Crippen LogP contribution in [0, 0.1) is 17.3 Å². The van der Waals surface area contributed by atoms with E-state index in [1.807, 2.05) is 0 Å². The lowest BCUT2D eigenvalue weighted by atomic mass is 9.68. The van der Waals surface area contributed by atoms with Crippen LogP contribution in [-0.2, 0) is 9.59 Å². The van der Waals surface area contributed by atoms with E-state index < -0.39 is 5.60 Å². The molecule has 2 rings (SSSR count). The third kappa shape index (κ3) is 3.60. The van der Waals surface area contributed by atoms with E-state index in [1.54, 1.807) is 0 Å². The Bertz CT molecular complexity index is 381. The first-order valence-corrected chi connectivity index (χ1v) is 7.71. The number of rotatable bonds is 3. The summed E-state index contributed by atoms with van der Waals surface area (Å²) in [5.74, 6) is 0.574. The summed E-state index contributed by atoms with van der Waals surface area (Å²) in [5.41, 5.74) is -0.470. The van der Waals surface area contributed by atoms with Crippen LogP contribution in [-0.4, -0.2) is 28.9 Å². The van der Waals surface area contributed by atoms with Gasteiger partial charge in [-0.05, 0) is 37.0 Å². The summed E-state index contributed by atoms with van der Waals surface area (Å²) in [6.45, 7) is 7.07. The van der Waals surface area contributed by atoms with Gasteiger partial charge in [0.1, 0.15) is 5.78 Å². The highest BCUT2D eigenvalue weighted by Gasteiger charge is 2.39. The van der Waals surface area contributed by atoms with Gasteiger partial charge in [0.15, 0.2) is 0 Å². The zero-order valence-corrected chi connectivity index (χ0v) is 12.9. The number of nitrogens with one attached hydrogen (secondary N) is 1. The first-order chi connectivity index (χ1) is 9.20. The molecule has 0 radical (unpaired) electrons. The fourth-order valence-corrected chi connectivity index (χ4v) is 3.27. The van der Waals surface area contributed by atoms with Crippen molar-refractivity contribution in [2.24, 2.45) is 17.3 Å². The van der Waals surface area contributed by atoms with E-state index in [4.69, 9.17) is 0 Å². The van der Waals surface area contributed by atoms with Gasteiger partial charge in [-0.3, -0.25) is 9.59 Å². The molecule has 0 aliphatic heterocycles. The number of Topliss-reactive ketones (excluding diaryl/α,β-unsaturated/α-hetero) is 1. The number of hydrogen-bond acceptors (Lipinski definition) is 3. The van der Waals surface area contributed by atoms with Crippen LogP contribution in [0.1, 0.15) is 59.3 Å². The molecule has 20 heavy (non-hydrogen) atoms. The highest BCUT2D eigenvalue weighted by Crippen LogP contribution is 2.41. The number of carbonyl (C=O) groups is 2. The van der Waals surface area contributed by atoms with Crippen molar-refractivity contribution in [3.05, 3.63) is 0 Å². The van der Waals surface area contributed by atoms with Crippen molar-refractivity contribution in [1.82, 2.24) is 5.32 Å². The second-order valence-corrected chi connectivity index (χ2v) is 7.73. The van der Waals surface area contributed by atoms with Crippen molar-refractivity contribution in [3.8, 4) is 0 Å². The minimum atomic E-state index is -0.759. The first-order valence-electron chi connectivity index (χ1n) is 7.71. The number of aliphatic hydroxyl groups is 1. The number of ketones is 1. The molecule has 0 saturated heterocycles. The molecule has 0 aromatic heterocycles. The van der Waals surface area contributed by atoms with Gasteiger partial charge in [0.25, 0.3) is 0 Å². The van der Waals surface area contributed by atoms with Gasteiger partial charge in [-0.15, -0.1) is 0 Å². The van der Waals surface area contributed by atoms with Gasteiger partial charge in [-0.1, -0.05) is 20.8 Å². The summed E-state index contributed by atoms with van der Waals surface area (Å²) in [5, 5.41) is 13.4. The second kappa shape index (κ2) is 5.47. The molecule has 0 unspecified atom stereocenters. The average molecular weight is 281 g/mol. The van der Waals surface area contributed by atoms with Gasteiger partial charge in [0.05, 0.1) is 11.5 Å². The predicted molar refractivity (Wildman–Crippen MR) is 77.1 cm³/mol. The van der Waals surface area contributed by atoms with Crippen molar-refractivity contribution in [2.45, 2.75) is 64.9 Å². The smallest absolute Gasteiger partial charge is 0.224 e. The number of carbonyl (C=O) groups excluding carboxylic acids is 2. The Kier molecular flexibility index (Phi) is 4.24. The molecule has 0 heterocycles. The Labute approximate surface area is 121 Å². The van der Waals surface area contributed by atoms with E-state index in [9.17, 15) is 14.7 Å². The lowest BCUT2D eigenvalue weighted by Gasteiger charge is -2.41. The largest absolute Gasteiger partial charge is 0.388 e. The van der Waals surface area contributed by atoms with Gasteiger partial charge in [-0.25, -0.2) is 0 Å². The van der Waals surface area contributed by atoms with Gasteiger partial charge in [0.2, 0.25) is 5.91 Å². The minimum Gasteiger partial charge on any atom is -0.388 e. The van der Waals surface area contributed by atoms with Gasteiger partial charge in [0, 0.05) is 19.4 Å². The average Bonchev–Trinajstić information content (AvgIpc) is 2.32. The summed E-state index contributed by atoms with van der Waals surface area (Å²) in [4.78, 5) is 22.7. The Hall–Kier alpha value is -0.900. The molecule has 0 aromatic carbocycles. The van der Waals surface area contributed by atoms with Crippen LogP contribution >= 0.6 is 0 Å². The summed E-state index contributed by atoms with van der Waals surface area (Å²) in [6.07, 6.45) is 4.26. The van der Waals surface area contributed by atoms with E-state index in [0.717, 1.165) is 25.7 Å². The van der Waals surface area contributed by atoms with Crippen molar-refractivity contribution in [1.29, 1.82) is 0 Å². The van der Waals surface area contributed by atoms with E-state index >= 15 is 0 Å². The van der Waals surface area contributed by atoms with Crippen LogP contribution < -0.4 is 5.32 Å². The molecular weight excluding hydrogens is 254 g/mol. The molecule has 2 saturated carbocycles. The Morgan fingerprint density at radius 3 is 2.30 bits per heavy atom. The second-order valence-electron chi connectivity index (χ2n) is 7.73. The molecular formula is C16H27NO3. The zero-order valence-electron chi connectivity index (χ0n) is 12.9. The molecule has 0 spiro atoms. The molecule has 2 aliphatic rings. The van der Waals surface area contributed by atoms with Crippen LogP contribution in [0.4, 0.5) is 0 Å². The third-order valence-electron chi connectivity index (χ3n) is 5.05. The number of hydrogen-bond donors (Lipinski definition) is 2. The van der Waals surface area contributed by atoms with E-state index in [-0.39, 0.29) is 23.0 Å². The number of amides is 1. The molecule has 2 fully saturated rings. The molecule has 114 valence electrons. The fraction of sp³-hybridized carbons (Fsp3) is 0.875. The monoisotopic (exact) mass is 281 g/mol. The Balaban J connectivity index is 1.76. The van der Waals surface area contributed by atoms with E-state index in [0.29, 0.717) is 25.3 Å². The van der Waals surface area contributed by atoms with Gasteiger partial charge >= 0.3 is 0 Å². The molecule has 1 amide bonds. The lowest BCUT2D eigenvalue weighted by molar-refractivity contribution is -0.138. The van der Waals surface area contributed by atoms with Crippen molar-refractivity contribution in [2.75, 3.05) is 6.54 Å². The fourth-order valence-electron chi connectivity index (χ4n) is 3.27. The highest BCUT2D eigenvalue weighted by molar-refractivity contribution is 5.96. The Morgan fingerprint density at radius 2 is 1.85 bits per heavy atom. The molecule has 4 nitrogen and oxygen atoms in total. The summed E-state index contributed by atoms with van der Waals surface area (Å²) < 4.78 is 0. The quantitative estimate of drug-likeness (QED) is 0.832. The van der Waals surface area contributed by atoms with Crippen LogP contribution in [0.25, 0.3) is 0 Å². The first kappa shape index (κ1) is 15.5. The van der Waals surface area contributed by atoms with Gasteiger partial charge < -0.3 is 10.4 Å². The maximum Gasteiger partial charge on any atom is 0.224 e. The molecule has 0 atom stereocenters. The van der Waals surface area contributed by atoms with Crippen molar-refractivity contribution < 1.29 is 14.7 Å². The lowest BCUT2D eigenvalue weighted by Crippen LogP contribution is -2.49. The molecule has 4 heteroatoms. The van der Waals surface area contributed by atoms with Crippen molar-refractivity contribution >= 4 is 11.7 Å². The molecule has 0 bridgehead atoms. The summed E-state index contributed by atoms with van der Waals surface area (Å²) in [6, 6.07) is 0. The zero-order chi connectivity index (χ0) is 15.0. The van der Waals surface area contributed by atoms with Crippen LogP contribution in [0.15, 0.2) is 0 Å².